The zero-order chi connectivity index (χ0) is 12.3. The fraction of sp³-hybridized carbons (Fsp3) is 0.231. The molecular formula is C13H13FINO. The fourth-order valence-corrected chi connectivity index (χ4v) is 2.06. The molecular weight excluding hydrogens is 332 g/mol. The van der Waals surface area contributed by atoms with Gasteiger partial charge in [0.05, 0.1) is 6.54 Å². The van der Waals surface area contributed by atoms with E-state index in [9.17, 15) is 4.39 Å². The molecule has 0 aliphatic carbocycles. The van der Waals surface area contributed by atoms with Gasteiger partial charge in [-0.1, -0.05) is 12.1 Å². The van der Waals surface area contributed by atoms with Crippen LogP contribution in [0.1, 0.15) is 24.3 Å². The Morgan fingerprint density at radius 2 is 2.18 bits per heavy atom. The van der Waals surface area contributed by atoms with Crippen molar-refractivity contribution < 1.29 is 8.81 Å². The summed E-state index contributed by atoms with van der Waals surface area (Å²) in [6, 6.07) is 10.6. The molecule has 1 aromatic carbocycles. The Kier molecular flexibility index (Phi) is 4.17. The lowest BCUT2D eigenvalue weighted by Crippen LogP contribution is -2.17. The third-order valence-corrected chi connectivity index (χ3v) is 3.14. The molecule has 0 saturated carbocycles. The van der Waals surface area contributed by atoms with Crippen molar-refractivity contribution in [3.63, 3.8) is 0 Å². The van der Waals surface area contributed by atoms with Crippen LogP contribution in [0.4, 0.5) is 4.39 Å². The Morgan fingerprint density at radius 3 is 2.82 bits per heavy atom. The van der Waals surface area contributed by atoms with Gasteiger partial charge in [-0.2, -0.15) is 0 Å². The number of furan rings is 1. The molecule has 17 heavy (non-hydrogen) atoms. The molecule has 1 aromatic heterocycles. The normalized spacial score (nSPS) is 12.6. The maximum absolute atomic E-state index is 13.0. The van der Waals surface area contributed by atoms with Crippen molar-refractivity contribution in [1.82, 2.24) is 5.32 Å². The van der Waals surface area contributed by atoms with Gasteiger partial charge >= 0.3 is 0 Å². The van der Waals surface area contributed by atoms with E-state index >= 15 is 0 Å². The van der Waals surface area contributed by atoms with Crippen molar-refractivity contribution in [3.8, 4) is 0 Å². The molecule has 2 aromatic rings. The minimum Gasteiger partial charge on any atom is -0.454 e. The van der Waals surface area contributed by atoms with Gasteiger partial charge in [-0.15, -0.1) is 0 Å². The predicted molar refractivity (Wildman–Crippen MR) is 73.1 cm³/mol. The van der Waals surface area contributed by atoms with Crippen LogP contribution in [0.2, 0.25) is 0 Å². The van der Waals surface area contributed by atoms with Gasteiger partial charge in [0, 0.05) is 6.04 Å². The highest BCUT2D eigenvalue weighted by atomic mass is 127. The summed E-state index contributed by atoms with van der Waals surface area (Å²) < 4.78 is 19.4. The van der Waals surface area contributed by atoms with Crippen molar-refractivity contribution in [2.75, 3.05) is 0 Å². The summed E-state index contributed by atoms with van der Waals surface area (Å²) in [5.41, 5.74) is 0.936. The van der Waals surface area contributed by atoms with Gasteiger partial charge < -0.3 is 9.73 Å². The van der Waals surface area contributed by atoms with Crippen molar-refractivity contribution in [2.24, 2.45) is 0 Å². The Hall–Kier alpha value is -0.880. The molecule has 0 amide bonds. The highest BCUT2D eigenvalue weighted by Crippen LogP contribution is 2.15. The summed E-state index contributed by atoms with van der Waals surface area (Å²) in [7, 11) is 0. The first-order valence-electron chi connectivity index (χ1n) is 5.38. The summed E-state index contributed by atoms with van der Waals surface area (Å²) in [6.45, 7) is 2.64. The first-order chi connectivity index (χ1) is 8.15. The van der Waals surface area contributed by atoms with Crippen molar-refractivity contribution in [3.05, 3.63) is 57.3 Å². The Balaban J connectivity index is 1.95. The van der Waals surface area contributed by atoms with Gasteiger partial charge in [-0.05, 0) is 59.3 Å². The fourth-order valence-electron chi connectivity index (χ4n) is 1.59. The Morgan fingerprint density at radius 1 is 1.35 bits per heavy atom. The largest absolute Gasteiger partial charge is 0.454 e. The molecule has 1 N–H and O–H groups in total. The molecule has 0 aliphatic heterocycles. The van der Waals surface area contributed by atoms with Crippen LogP contribution in [0, 0.1) is 9.58 Å². The van der Waals surface area contributed by atoms with Crippen molar-refractivity contribution in [2.45, 2.75) is 19.5 Å². The number of hydrogen-bond donors (Lipinski definition) is 1. The van der Waals surface area contributed by atoms with Crippen LogP contribution in [-0.4, -0.2) is 0 Å². The highest BCUT2D eigenvalue weighted by molar-refractivity contribution is 14.1. The van der Waals surface area contributed by atoms with Gasteiger partial charge in [0.2, 0.25) is 0 Å². The number of hydrogen-bond acceptors (Lipinski definition) is 2. The van der Waals surface area contributed by atoms with E-state index in [1.165, 1.54) is 6.07 Å². The zero-order valence-corrected chi connectivity index (χ0v) is 11.6. The first-order valence-corrected chi connectivity index (χ1v) is 6.46. The molecule has 4 heteroatoms. The number of halogens is 2. The van der Waals surface area contributed by atoms with E-state index in [0.717, 1.165) is 15.1 Å². The summed E-state index contributed by atoms with van der Waals surface area (Å²) in [6.07, 6.45) is 0. The van der Waals surface area contributed by atoms with Gasteiger partial charge in [-0.25, -0.2) is 4.39 Å². The molecule has 0 unspecified atom stereocenters. The van der Waals surface area contributed by atoms with E-state index in [4.69, 9.17) is 4.42 Å². The quantitative estimate of drug-likeness (QED) is 0.851. The van der Waals surface area contributed by atoms with Crippen molar-refractivity contribution >= 4 is 22.6 Å². The molecule has 0 fully saturated rings. The Labute approximate surface area is 113 Å². The van der Waals surface area contributed by atoms with Gasteiger partial charge in [0.15, 0.2) is 3.77 Å². The van der Waals surface area contributed by atoms with E-state index in [2.05, 4.69) is 27.9 Å². The van der Waals surface area contributed by atoms with E-state index in [0.29, 0.717) is 6.54 Å². The van der Waals surface area contributed by atoms with Gasteiger partial charge in [0.1, 0.15) is 11.6 Å². The topological polar surface area (TPSA) is 25.2 Å². The summed E-state index contributed by atoms with van der Waals surface area (Å²) in [5.74, 6) is 0.682. The minimum absolute atomic E-state index is 0.0912. The van der Waals surface area contributed by atoms with Crippen LogP contribution >= 0.6 is 22.6 Å². The highest BCUT2D eigenvalue weighted by Gasteiger charge is 2.07. The Bertz CT molecular complexity index is 498. The van der Waals surface area contributed by atoms with E-state index in [1.807, 2.05) is 25.1 Å². The zero-order valence-electron chi connectivity index (χ0n) is 9.41. The van der Waals surface area contributed by atoms with E-state index in [1.54, 1.807) is 12.1 Å². The predicted octanol–water partition coefficient (Wildman–Crippen LogP) is 3.87. The van der Waals surface area contributed by atoms with Gasteiger partial charge in [0.25, 0.3) is 0 Å². The van der Waals surface area contributed by atoms with Crippen LogP contribution in [0.25, 0.3) is 0 Å². The van der Waals surface area contributed by atoms with Crippen LogP contribution in [0.3, 0.4) is 0 Å². The molecule has 0 spiro atoms. The third-order valence-electron chi connectivity index (χ3n) is 2.56. The number of nitrogens with one attached hydrogen (secondary N) is 1. The SMILES string of the molecule is C[C@@H](NCc1ccc(I)o1)c1cccc(F)c1. The molecule has 0 saturated heterocycles. The second-order valence-corrected chi connectivity index (χ2v) is 4.93. The number of rotatable bonds is 4. The second-order valence-electron chi connectivity index (χ2n) is 3.86. The monoisotopic (exact) mass is 345 g/mol. The maximum Gasteiger partial charge on any atom is 0.164 e. The molecule has 2 rings (SSSR count). The van der Waals surface area contributed by atoms with E-state index in [-0.39, 0.29) is 11.9 Å². The second kappa shape index (κ2) is 5.64. The molecule has 1 atom stereocenters. The molecule has 0 radical (unpaired) electrons. The average molecular weight is 345 g/mol. The molecule has 1 heterocycles. The van der Waals surface area contributed by atoms with Crippen LogP contribution in [-0.2, 0) is 6.54 Å². The molecule has 2 nitrogen and oxygen atoms in total. The summed E-state index contributed by atoms with van der Waals surface area (Å²) in [4.78, 5) is 0. The van der Waals surface area contributed by atoms with E-state index < -0.39 is 0 Å². The van der Waals surface area contributed by atoms with Crippen molar-refractivity contribution in [1.29, 1.82) is 0 Å². The first kappa shape index (κ1) is 12.6. The summed E-state index contributed by atoms with van der Waals surface area (Å²) in [5, 5.41) is 3.29. The smallest absolute Gasteiger partial charge is 0.164 e. The van der Waals surface area contributed by atoms with Crippen LogP contribution < -0.4 is 5.32 Å². The molecule has 90 valence electrons. The van der Waals surface area contributed by atoms with Crippen LogP contribution in [0.5, 0.6) is 0 Å². The lowest BCUT2D eigenvalue weighted by Gasteiger charge is -2.13. The number of benzene rings is 1. The maximum atomic E-state index is 13.0. The summed E-state index contributed by atoms with van der Waals surface area (Å²) >= 11 is 2.13. The molecule has 0 bridgehead atoms. The lowest BCUT2D eigenvalue weighted by atomic mass is 10.1. The average Bonchev–Trinajstić information content (AvgIpc) is 2.72. The lowest BCUT2D eigenvalue weighted by molar-refractivity contribution is 0.444. The van der Waals surface area contributed by atoms with Gasteiger partial charge in [-0.3, -0.25) is 0 Å². The standard InChI is InChI=1S/C13H13FINO/c1-9(10-3-2-4-11(14)7-10)16-8-12-5-6-13(15)17-12/h2-7,9,16H,8H2,1H3/t9-/m1/s1. The molecule has 0 aliphatic rings. The van der Waals surface area contributed by atoms with Crippen LogP contribution in [0.15, 0.2) is 40.8 Å². The minimum atomic E-state index is -0.205. The third kappa shape index (κ3) is 3.54.